The molecule has 0 radical (unpaired) electrons. The average molecular weight is 1360 g/mol. The number of anilines is 4. The van der Waals surface area contributed by atoms with Crippen LogP contribution in [0.4, 0.5) is 94.7 Å². The van der Waals surface area contributed by atoms with Crippen LogP contribution in [0.2, 0.25) is 0 Å². The monoisotopic (exact) mass is 1360 g/mol. The SMILES string of the molecule is CCOC(=O)N(C)c1cn(-c2cncc(F)c2)nc1C(F)(F)F.CN(C(=O)OC(C)(C)C)c1cc(-c2cncnc2)n(C)n1.CN(C(=O)OC(C)(C)C)c1cn(-c2cncc(F)c2)nc1C(F)(F)F.CN(C(=O)Oc1ccccc1)c1cn(-c2cncc(F)c2)nc1C(F)(F)F. The quantitative estimate of drug-likeness (QED) is 0.0911. The van der Waals surface area contributed by atoms with E-state index in [2.05, 4.69) is 50.1 Å². The van der Waals surface area contributed by atoms with Crippen molar-refractivity contribution in [2.24, 2.45) is 7.05 Å². The number of hydrogen-bond acceptors (Lipinski definition) is 17. The Balaban J connectivity index is 0.000000203. The van der Waals surface area contributed by atoms with Crippen molar-refractivity contribution < 1.29 is 90.8 Å². The Morgan fingerprint density at radius 1 is 0.469 bits per heavy atom. The lowest BCUT2D eigenvalue weighted by atomic mass is 10.2. The summed E-state index contributed by atoms with van der Waals surface area (Å²) in [6, 6.07) is 12.6. The molecule has 0 fully saturated rings. The van der Waals surface area contributed by atoms with Crippen LogP contribution in [0.5, 0.6) is 5.75 Å². The van der Waals surface area contributed by atoms with Gasteiger partial charge in [0.05, 0.1) is 102 Å². The van der Waals surface area contributed by atoms with Gasteiger partial charge in [0.1, 0.15) is 40.7 Å². The van der Waals surface area contributed by atoms with Crippen LogP contribution in [-0.4, -0.2) is 134 Å². The third-order valence-corrected chi connectivity index (χ3v) is 12.0. The Kier molecular flexibility index (Phi) is 23.3. The molecule has 37 heteroatoms. The number of ether oxygens (including phenoxy) is 4. The highest BCUT2D eigenvalue weighted by molar-refractivity contribution is 5.90. The standard InChI is InChI=1S/C17H12F4N4O2.C15H16F4N4O2.C14H19N5O2.C13H12F4N4O2/c1-24(16(26)27-13-5-3-2-4-6-13)14-10-25(23-15(14)17(19,20)21)12-7-11(18)8-22-9-12;1-14(2,3)25-13(24)22(4)11-8-23(21-12(11)15(17,18)19)10-5-9(16)6-20-7-10;1-14(2,3)21-13(20)18(4)12-6-11(19(5)17-12)10-7-15-9-16-8-10;1-3-23-12(22)20(2)10-7-21(19-11(10)13(15,16)17)9-4-8(14)5-18-6-9/h2-10H,1H3;5-8H,1-4H3;6-9H,1-5H3;4-7H,3H2,1-2H3. The fourth-order valence-corrected chi connectivity index (χ4v) is 7.66. The van der Waals surface area contributed by atoms with Crippen LogP contribution < -0.4 is 24.3 Å². The molecule has 0 aliphatic carbocycles. The molecule has 1 aromatic carbocycles. The van der Waals surface area contributed by atoms with Gasteiger partial charge in [-0.25, -0.2) is 56.4 Å². The fourth-order valence-electron chi connectivity index (χ4n) is 7.66. The summed E-state index contributed by atoms with van der Waals surface area (Å²) in [5.74, 6) is -1.53. The summed E-state index contributed by atoms with van der Waals surface area (Å²) >= 11 is 0. The lowest BCUT2D eigenvalue weighted by Gasteiger charge is -2.24. The van der Waals surface area contributed by atoms with E-state index in [0.29, 0.717) is 20.5 Å². The Hall–Kier alpha value is -11.2. The summed E-state index contributed by atoms with van der Waals surface area (Å²) in [4.78, 5) is 70.1. The van der Waals surface area contributed by atoms with Crippen molar-refractivity contribution in [1.82, 2.24) is 64.0 Å². The van der Waals surface area contributed by atoms with E-state index in [4.69, 9.17) is 14.2 Å². The number of amides is 4. The minimum atomic E-state index is -4.84. The molecule has 0 saturated carbocycles. The van der Waals surface area contributed by atoms with Crippen LogP contribution >= 0.6 is 0 Å². The lowest BCUT2D eigenvalue weighted by Crippen LogP contribution is -2.34. The van der Waals surface area contributed by atoms with Gasteiger partial charge in [-0.05, 0) is 60.6 Å². The highest BCUT2D eigenvalue weighted by atomic mass is 19.4. The number of aromatic nitrogens is 13. The van der Waals surface area contributed by atoms with Crippen molar-refractivity contribution >= 4 is 47.3 Å². The Bertz CT molecular complexity index is 4130. The second-order valence-electron chi connectivity index (χ2n) is 21.7. The number of para-hydroxylation sites is 1. The third-order valence-electron chi connectivity index (χ3n) is 12.0. The molecule has 9 aromatic rings. The normalized spacial score (nSPS) is 11.5. The molecule has 0 N–H and O–H groups in total. The van der Waals surface area contributed by atoms with E-state index in [9.17, 15) is 71.9 Å². The van der Waals surface area contributed by atoms with Crippen LogP contribution in [0.1, 0.15) is 65.5 Å². The molecular weight excluding hydrogens is 1300 g/mol. The molecule has 0 aliphatic rings. The summed E-state index contributed by atoms with van der Waals surface area (Å²) in [5.41, 5.74) is -5.34. The van der Waals surface area contributed by atoms with Gasteiger partial charge in [0.25, 0.3) is 0 Å². The number of benzene rings is 1. The van der Waals surface area contributed by atoms with Gasteiger partial charge >= 0.3 is 42.9 Å². The van der Waals surface area contributed by atoms with Crippen molar-refractivity contribution in [1.29, 1.82) is 0 Å². The molecular formula is C59H59F12N17O8. The third kappa shape index (κ3) is 20.2. The van der Waals surface area contributed by atoms with E-state index >= 15 is 0 Å². The summed E-state index contributed by atoms with van der Waals surface area (Å²) in [5, 5.41) is 14.6. The summed E-state index contributed by atoms with van der Waals surface area (Å²) in [6.07, 6.45) is -4.02. The van der Waals surface area contributed by atoms with Gasteiger partial charge in [0.15, 0.2) is 22.9 Å². The molecule has 25 nitrogen and oxygen atoms in total. The van der Waals surface area contributed by atoms with Gasteiger partial charge in [-0.3, -0.25) is 39.2 Å². The molecule has 0 spiro atoms. The Morgan fingerprint density at radius 2 is 0.833 bits per heavy atom. The van der Waals surface area contributed by atoms with E-state index < -0.39 is 106 Å². The first-order valence-electron chi connectivity index (χ1n) is 27.6. The number of pyridine rings is 3. The van der Waals surface area contributed by atoms with E-state index in [1.807, 2.05) is 20.8 Å². The van der Waals surface area contributed by atoms with Crippen LogP contribution in [-0.2, 0) is 39.8 Å². The van der Waals surface area contributed by atoms with Crippen molar-refractivity contribution in [3.05, 3.63) is 164 Å². The van der Waals surface area contributed by atoms with Gasteiger partial charge in [0, 0.05) is 77.5 Å². The number of aryl methyl sites for hydroxylation is 1. The second-order valence-corrected chi connectivity index (χ2v) is 21.7. The predicted molar refractivity (Wildman–Crippen MR) is 319 cm³/mol. The minimum Gasteiger partial charge on any atom is -0.449 e. The zero-order valence-corrected chi connectivity index (χ0v) is 52.7. The predicted octanol–water partition coefficient (Wildman–Crippen LogP) is 13.1. The Morgan fingerprint density at radius 3 is 1.19 bits per heavy atom. The zero-order chi connectivity index (χ0) is 71.4. The summed E-state index contributed by atoms with van der Waals surface area (Å²) in [7, 11) is 6.80. The number of carbonyl (C=O) groups is 4. The summed E-state index contributed by atoms with van der Waals surface area (Å²) < 4.78 is 183. The average Bonchev–Trinajstić information content (AvgIpc) is 1.73. The Labute approximate surface area is 538 Å². The van der Waals surface area contributed by atoms with Crippen molar-refractivity contribution in [2.75, 3.05) is 54.4 Å². The van der Waals surface area contributed by atoms with Gasteiger partial charge in [-0.2, -0.15) is 59.9 Å². The van der Waals surface area contributed by atoms with Gasteiger partial charge in [0.2, 0.25) is 0 Å². The van der Waals surface area contributed by atoms with Gasteiger partial charge < -0.3 is 18.9 Å². The van der Waals surface area contributed by atoms with E-state index in [1.54, 1.807) is 76.2 Å². The smallest absolute Gasteiger partial charge is 0.437 e. The number of carbonyl (C=O) groups excluding carboxylic acids is 4. The van der Waals surface area contributed by atoms with Gasteiger partial charge in [-0.1, -0.05) is 18.2 Å². The van der Waals surface area contributed by atoms with Gasteiger partial charge in [-0.15, -0.1) is 0 Å². The second kappa shape index (κ2) is 30.3. The highest BCUT2D eigenvalue weighted by Gasteiger charge is 2.43. The first-order chi connectivity index (χ1) is 44.6. The lowest BCUT2D eigenvalue weighted by molar-refractivity contribution is -0.141. The number of halogens is 12. The maximum Gasteiger partial charge on any atom is 0.437 e. The van der Waals surface area contributed by atoms with E-state index in [1.165, 1.54) is 30.3 Å². The molecule has 0 saturated heterocycles. The van der Waals surface area contributed by atoms with Crippen LogP contribution in [0.3, 0.4) is 0 Å². The van der Waals surface area contributed by atoms with E-state index in [0.717, 1.165) is 120 Å². The fraction of sp³-hybridized carbons (Fsp3) is 0.305. The molecule has 0 atom stereocenters. The zero-order valence-electron chi connectivity index (χ0n) is 52.7. The number of alkyl halides is 9. The molecule has 0 unspecified atom stereocenters. The first-order valence-corrected chi connectivity index (χ1v) is 27.6. The largest absolute Gasteiger partial charge is 0.449 e. The van der Waals surface area contributed by atoms with Crippen LogP contribution in [0.25, 0.3) is 28.3 Å². The number of hydrogen-bond donors (Lipinski definition) is 0. The number of rotatable bonds is 10. The highest BCUT2D eigenvalue weighted by Crippen LogP contribution is 2.39. The molecule has 96 heavy (non-hydrogen) atoms. The maximum absolute atomic E-state index is 13.4. The van der Waals surface area contributed by atoms with Crippen LogP contribution in [0, 0.1) is 17.5 Å². The topological polar surface area (TPSA) is 254 Å². The molecule has 512 valence electrons. The minimum absolute atomic E-state index is 0.00643. The molecule has 8 heterocycles. The first kappa shape index (κ1) is 73.9. The van der Waals surface area contributed by atoms with Crippen molar-refractivity contribution in [3.63, 3.8) is 0 Å². The number of nitrogens with zero attached hydrogens (tertiary/aromatic N) is 17. The molecule has 4 amide bonds. The maximum atomic E-state index is 13.4. The van der Waals surface area contributed by atoms with Crippen LogP contribution in [0.15, 0.2) is 129 Å². The van der Waals surface area contributed by atoms with Crippen molar-refractivity contribution in [3.8, 4) is 34.1 Å². The van der Waals surface area contributed by atoms with E-state index in [-0.39, 0.29) is 29.4 Å². The molecule has 0 aliphatic heterocycles. The summed E-state index contributed by atoms with van der Waals surface area (Å²) in [6.45, 7) is 11.8. The molecule has 0 bridgehead atoms. The van der Waals surface area contributed by atoms with Crippen molar-refractivity contribution in [2.45, 2.75) is 78.2 Å². The molecule has 8 aromatic heterocycles. The molecule has 9 rings (SSSR count).